The van der Waals surface area contributed by atoms with Crippen molar-refractivity contribution in [3.63, 3.8) is 0 Å². The molecule has 1 atom stereocenters. The molecule has 2 nitrogen and oxygen atoms in total. The van der Waals surface area contributed by atoms with Crippen molar-refractivity contribution in [1.82, 2.24) is 5.32 Å². The molecule has 3 heteroatoms. The lowest BCUT2D eigenvalue weighted by molar-refractivity contribution is 0.306. The molecule has 120 valence electrons. The maximum atomic E-state index is 5.81. The number of halogens is 1. The summed E-state index contributed by atoms with van der Waals surface area (Å²) in [5, 5.41) is 3.49. The van der Waals surface area contributed by atoms with Crippen molar-refractivity contribution >= 4 is 12.4 Å². The van der Waals surface area contributed by atoms with E-state index in [-0.39, 0.29) is 12.4 Å². The molecule has 0 aliphatic rings. The molecule has 0 aliphatic carbocycles. The Labute approximate surface area is 140 Å². The molecule has 0 aromatic heterocycles. The van der Waals surface area contributed by atoms with Crippen LogP contribution in [0, 0.1) is 6.92 Å². The molecule has 0 amide bonds. The van der Waals surface area contributed by atoms with Crippen molar-refractivity contribution < 1.29 is 4.74 Å². The fraction of sp³-hybridized carbons (Fsp3) is 0.368. The Kier molecular flexibility index (Phi) is 8.00. The molecule has 0 saturated carbocycles. The number of nitrogens with one attached hydrogen (secondary N) is 1. The average Bonchev–Trinajstić information content (AvgIpc) is 2.53. The van der Waals surface area contributed by atoms with Crippen molar-refractivity contribution in [1.29, 1.82) is 0 Å². The van der Waals surface area contributed by atoms with Gasteiger partial charge in [0.1, 0.15) is 12.4 Å². The van der Waals surface area contributed by atoms with Gasteiger partial charge in [-0.3, -0.25) is 0 Å². The van der Waals surface area contributed by atoms with Gasteiger partial charge in [0.15, 0.2) is 0 Å². The third-order valence-electron chi connectivity index (χ3n) is 3.72. The Bertz CT molecular complexity index is 536. The Morgan fingerprint density at radius 3 is 2.14 bits per heavy atom. The molecule has 2 aromatic carbocycles. The lowest BCUT2D eigenvalue weighted by atomic mass is 10.1. The van der Waals surface area contributed by atoms with Gasteiger partial charge in [-0.15, -0.1) is 12.4 Å². The van der Waals surface area contributed by atoms with Gasteiger partial charge in [0.05, 0.1) is 0 Å². The van der Waals surface area contributed by atoms with Gasteiger partial charge in [0.2, 0.25) is 0 Å². The second-order valence-corrected chi connectivity index (χ2v) is 5.61. The highest BCUT2D eigenvalue weighted by atomic mass is 35.5. The van der Waals surface area contributed by atoms with Gasteiger partial charge < -0.3 is 10.1 Å². The number of rotatable bonds is 7. The van der Waals surface area contributed by atoms with Gasteiger partial charge in [-0.1, -0.05) is 48.9 Å². The molecule has 0 heterocycles. The van der Waals surface area contributed by atoms with Crippen LogP contribution in [0.5, 0.6) is 5.75 Å². The third-order valence-corrected chi connectivity index (χ3v) is 3.72. The maximum Gasteiger partial charge on any atom is 0.119 e. The van der Waals surface area contributed by atoms with Crippen molar-refractivity contribution in [2.24, 2.45) is 0 Å². The van der Waals surface area contributed by atoms with E-state index in [9.17, 15) is 0 Å². The molecule has 0 spiro atoms. The summed E-state index contributed by atoms with van der Waals surface area (Å²) in [6.45, 7) is 8.02. The van der Waals surface area contributed by atoms with Crippen LogP contribution in [0.3, 0.4) is 0 Å². The summed E-state index contributed by atoms with van der Waals surface area (Å²) in [5.41, 5.74) is 3.76. The van der Waals surface area contributed by atoms with Gasteiger partial charge in [-0.05, 0) is 43.5 Å². The van der Waals surface area contributed by atoms with Crippen LogP contribution in [0.15, 0.2) is 48.5 Å². The van der Waals surface area contributed by atoms with Crippen LogP contribution in [0.25, 0.3) is 0 Å². The molecular weight excluding hydrogens is 294 g/mol. The molecule has 0 saturated heterocycles. The summed E-state index contributed by atoms with van der Waals surface area (Å²) in [6.07, 6.45) is 1.15. The minimum atomic E-state index is 0. The van der Waals surface area contributed by atoms with Crippen LogP contribution in [0.4, 0.5) is 0 Å². The molecule has 0 fully saturated rings. The Morgan fingerprint density at radius 2 is 1.55 bits per heavy atom. The molecule has 1 unspecified atom stereocenters. The predicted molar refractivity (Wildman–Crippen MR) is 95.8 cm³/mol. The summed E-state index contributed by atoms with van der Waals surface area (Å²) >= 11 is 0. The van der Waals surface area contributed by atoms with Gasteiger partial charge in [-0.25, -0.2) is 0 Å². The molecule has 0 aliphatic heterocycles. The van der Waals surface area contributed by atoms with E-state index in [0.29, 0.717) is 12.6 Å². The molecule has 2 aromatic rings. The number of aryl methyl sites for hydroxylation is 1. The van der Waals surface area contributed by atoms with Crippen LogP contribution >= 0.6 is 12.4 Å². The first-order chi connectivity index (χ1) is 10.2. The van der Waals surface area contributed by atoms with Crippen LogP contribution in [-0.2, 0) is 13.2 Å². The van der Waals surface area contributed by atoms with E-state index >= 15 is 0 Å². The number of hydrogen-bond acceptors (Lipinski definition) is 2. The highest BCUT2D eigenvalue weighted by molar-refractivity contribution is 5.85. The van der Waals surface area contributed by atoms with E-state index in [1.165, 1.54) is 16.7 Å². The predicted octanol–water partition coefficient (Wildman–Crippen LogP) is 4.88. The first-order valence-electron chi connectivity index (χ1n) is 7.68. The molecule has 0 radical (unpaired) electrons. The van der Waals surface area contributed by atoms with Crippen LogP contribution in [0.1, 0.15) is 37.0 Å². The van der Waals surface area contributed by atoms with E-state index in [2.05, 4.69) is 62.5 Å². The Hall–Kier alpha value is -1.51. The third kappa shape index (κ3) is 6.08. The topological polar surface area (TPSA) is 21.3 Å². The molecule has 0 bridgehead atoms. The minimum Gasteiger partial charge on any atom is -0.489 e. The lowest BCUT2D eigenvalue weighted by Gasteiger charge is -2.12. The maximum absolute atomic E-state index is 5.81. The van der Waals surface area contributed by atoms with Crippen LogP contribution < -0.4 is 10.1 Å². The normalized spacial score (nSPS) is 11.6. The van der Waals surface area contributed by atoms with E-state index in [1.807, 2.05) is 12.1 Å². The SMILES string of the molecule is CCC(C)NCc1ccc(OCc2ccc(C)cc2)cc1.Cl. The monoisotopic (exact) mass is 319 g/mol. The summed E-state index contributed by atoms with van der Waals surface area (Å²) < 4.78 is 5.81. The molecule has 22 heavy (non-hydrogen) atoms. The fourth-order valence-corrected chi connectivity index (χ4v) is 1.99. The van der Waals surface area contributed by atoms with Gasteiger partial charge >= 0.3 is 0 Å². The second-order valence-electron chi connectivity index (χ2n) is 5.61. The summed E-state index contributed by atoms with van der Waals surface area (Å²) in [7, 11) is 0. The van der Waals surface area contributed by atoms with Crippen molar-refractivity contribution in [2.45, 2.75) is 46.4 Å². The highest BCUT2D eigenvalue weighted by Gasteiger charge is 2.00. The number of ether oxygens (including phenoxy) is 1. The largest absolute Gasteiger partial charge is 0.489 e. The smallest absolute Gasteiger partial charge is 0.119 e. The van der Waals surface area contributed by atoms with E-state index in [0.717, 1.165) is 18.7 Å². The first-order valence-corrected chi connectivity index (χ1v) is 7.68. The summed E-state index contributed by atoms with van der Waals surface area (Å²) in [6, 6.07) is 17.3. The van der Waals surface area contributed by atoms with Gasteiger partial charge in [0.25, 0.3) is 0 Å². The molecule has 1 N–H and O–H groups in total. The van der Waals surface area contributed by atoms with Crippen molar-refractivity contribution in [3.8, 4) is 5.75 Å². The summed E-state index contributed by atoms with van der Waals surface area (Å²) in [5.74, 6) is 0.919. The van der Waals surface area contributed by atoms with Gasteiger partial charge in [0, 0.05) is 12.6 Å². The van der Waals surface area contributed by atoms with Gasteiger partial charge in [-0.2, -0.15) is 0 Å². The zero-order valence-electron chi connectivity index (χ0n) is 13.6. The molecule has 2 rings (SSSR count). The van der Waals surface area contributed by atoms with Crippen LogP contribution in [0.2, 0.25) is 0 Å². The zero-order chi connectivity index (χ0) is 15.1. The highest BCUT2D eigenvalue weighted by Crippen LogP contribution is 2.14. The van der Waals surface area contributed by atoms with E-state index in [4.69, 9.17) is 4.74 Å². The lowest BCUT2D eigenvalue weighted by Crippen LogP contribution is -2.24. The summed E-state index contributed by atoms with van der Waals surface area (Å²) in [4.78, 5) is 0. The van der Waals surface area contributed by atoms with Crippen LogP contribution in [-0.4, -0.2) is 6.04 Å². The fourth-order valence-electron chi connectivity index (χ4n) is 1.99. The van der Waals surface area contributed by atoms with E-state index in [1.54, 1.807) is 0 Å². The molecular formula is C19H26ClNO. The quantitative estimate of drug-likeness (QED) is 0.785. The zero-order valence-corrected chi connectivity index (χ0v) is 14.5. The van der Waals surface area contributed by atoms with Crippen molar-refractivity contribution in [2.75, 3.05) is 0 Å². The second kappa shape index (κ2) is 9.50. The van der Waals surface area contributed by atoms with E-state index < -0.39 is 0 Å². The number of hydrogen-bond donors (Lipinski definition) is 1. The van der Waals surface area contributed by atoms with Crippen molar-refractivity contribution in [3.05, 3.63) is 65.2 Å². The standard InChI is InChI=1S/C19H25NO.ClH/c1-4-16(3)20-13-17-9-11-19(12-10-17)21-14-18-7-5-15(2)6-8-18;/h5-12,16,20H,4,13-14H2,1-3H3;1H. The first kappa shape index (κ1) is 18.5. The average molecular weight is 320 g/mol. The minimum absolute atomic E-state index is 0. The Balaban J connectivity index is 0.00000242. The number of benzene rings is 2. The Morgan fingerprint density at radius 1 is 0.955 bits per heavy atom.